The quantitative estimate of drug-likeness (QED) is 0.451. The average molecular weight is 178 g/mol. The second kappa shape index (κ2) is 5.06. The molecule has 0 saturated carbocycles. The monoisotopic (exact) mass is 178 g/mol. The lowest BCUT2D eigenvalue weighted by atomic mass is 10.5. The van der Waals surface area contributed by atoms with Crippen LogP contribution in [0.25, 0.3) is 0 Å². The first-order valence-corrected chi connectivity index (χ1v) is 8.04. The highest BCUT2D eigenvalue weighted by atomic mass is 28.4. The van der Waals surface area contributed by atoms with Gasteiger partial charge < -0.3 is 8.85 Å². The van der Waals surface area contributed by atoms with Gasteiger partial charge in [0, 0.05) is 24.0 Å². The Bertz CT molecular complexity index is 85.8. The van der Waals surface area contributed by atoms with Crippen molar-refractivity contribution in [3.05, 3.63) is 0 Å². The predicted octanol–water partition coefficient (Wildman–Crippen LogP) is 0.525. The smallest absolute Gasteiger partial charge is 0.331 e. The summed E-state index contributed by atoms with van der Waals surface area (Å²) in [6.07, 6.45) is 1.20. The molecule has 0 rings (SSSR count). The van der Waals surface area contributed by atoms with Crippen molar-refractivity contribution in [1.82, 2.24) is 0 Å². The van der Waals surface area contributed by atoms with E-state index in [4.69, 9.17) is 8.85 Å². The van der Waals surface area contributed by atoms with Crippen molar-refractivity contribution in [2.75, 3.05) is 13.7 Å². The van der Waals surface area contributed by atoms with Gasteiger partial charge in [-0.1, -0.05) is 6.04 Å². The van der Waals surface area contributed by atoms with Crippen LogP contribution in [0, 0.1) is 0 Å². The first kappa shape index (κ1) is 10.4. The third kappa shape index (κ3) is 5.16. The Kier molecular flexibility index (Phi) is 5.24. The van der Waals surface area contributed by atoms with E-state index in [9.17, 15) is 0 Å². The van der Waals surface area contributed by atoms with Crippen molar-refractivity contribution in [1.29, 1.82) is 0 Å². The van der Waals surface area contributed by atoms with Crippen molar-refractivity contribution < 1.29 is 8.85 Å². The van der Waals surface area contributed by atoms with Crippen LogP contribution >= 0.6 is 0 Å². The molecule has 0 N–H and O–H groups in total. The first-order chi connectivity index (χ1) is 4.62. The third-order valence-electron chi connectivity index (χ3n) is 1.44. The molecule has 0 bridgehead atoms. The second-order valence-corrected chi connectivity index (χ2v) is 7.30. The lowest BCUT2D eigenvalue weighted by molar-refractivity contribution is 0.211. The van der Waals surface area contributed by atoms with Crippen LogP contribution in [0.5, 0.6) is 0 Å². The lowest BCUT2D eigenvalue weighted by Gasteiger charge is -2.19. The number of hydrogen-bond acceptors (Lipinski definition) is 2. The highest BCUT2D eigenvalue weighted by Gasteiger charge is 2.21. The summed E-state index contributed by atoms with van der Waals surface area (Å²) in [6, 6.07) is 1.33. The molecule has 0 radical (unpaired) electrons. The highest BCUT2D eigenvalue weighted by Crippen LogP contribution is 2.04. The Hall–Kier alpha value is 0.354. The molecule has 62 valence electrons. The van der Waals surface area contributed by atoms with Crippen LogP contribution in [0.15, 0.2) is 0 Å². The molecule has 0 atom stereocenters. The Morgan fingerprint density at radius 3 is 2.40 bits per heavy atom. The number of rotatable bonds is 5. The third-order valence-corrected chi connectivity index (χ3v) is 4.03. The van der Waals surface area contributed by atoms with Crippen molar-refractivity contribution in [3.8, 4) is 0 Å². The summed E-state index contributed by atoms with van der Waals surface area (Å²) in [5.41, 5.74) is 0. The molecule has 0 aliphatic rings. The van der Waals surface area contributed by atoms with E-state index in [-0.39, 0.29) is 0 Å². The molecule has 4 heteroatoms. The van der Waals surface area contributed by atoms with E-state index in [1.807, 2.05) is 0 Å². The molecule has 0 aromatic heterocycles. The topological polar surface area (TPSA) is 18.5 Å². The van der Waals surface area contributed by atoms with E-state index in [1.165, 1.54) is 22.7 Å². The second-order valence-electron chi connectivity index (χ2n) is 2.81. The molecule has 0 fully saturated rings. The van der Waals surface area contributed by atoms with E-state index in [2.05, 4.69) is 13.1 Å². The van der Waals surface area contributed by atoms with Gasteiger partial charge >= 0.3 is 8.56 Å². The minimum Gasteiger partial charge on any atom is -0.398 e. The Labute approximate surface area is 67.6 Å². The standard InChI is InChI=1S/C6H18O2Si2/c1-7-10(2,3)8-5-4-6-9/h4-6H2,1-3,9H3. The molecule has 10 heavy (non-hydrogen) atoms. The van der Waals surface area contributed by atoms with Gasteiger partial charge in [0.15, 0.2) is 0 Å². The van der Waals surface area contributed by atoms with E-state index in [0.717, 1.165) is 6.61 Å². The van der Waals surface area contributed by atoms with Crippen LogP contribution in [0.3, 0.4) is 0 Å². The van der Waals surface area contributed by atoms with E-state index in [1.54, 1.807) is 7.11 Å². The van der Waals surface area contributed by atoms with Gasteiger partial charge in [-0.15, -0.1) is 0 Å². The van der Waals surface area contributed by atoms with E-state index in [0.29, 0.717) is 0 Å². The van der Waals surface area contributed by atoms with Crippen LogP contribution in [0.1, 0.15) is 6.42 Å². The summed E-state index contributed by atoms with van der Waals surface area (Å²) in [4.78, 5) is 0. The van der Waals surface area contributed by atoms with Gasteiger partial charge in [-0.05, 0) is 19.5 Å². The van der Waals surface area contributed by atoms with Crippen LogP contribution < -0.4 is 0 Å². The summed E-state index contributed by atoms with van der Waals surface area (Å²) >= 11 is 0. The van der Waals surface area contributed by atoms with E-state index < -0.39 is 8.56 Å². The SMILES string of the molecule is CO[Si](C)(C)OCCC[SiH3]. The van der Waals surface area contributed by atoms with Gasteiger partial charge in [0.1, 0.15) is 0 Å². The van der Waals surface area contributed by atoms with E-state index >= 15 is 0 Å². The van der Waals surface area contributed by atoms with Crippen molar-refractivity contribution >= 4 is 18.8 Å². The summed E-state index contributed by atoms with van der Waals surface area (Å²) < 4.78 is 10.8. The molecule has 2 nitrogen and oxygen atoms in total. The maximum atomic E-state index is 5.56. The summed E-state index contributed by atoms with van der Waals surface area (Å²) in [7, 11) is 1.32. The van der Waals surface area contributed by atoms with Gasteiger partial charge in [-0.2, -0.15) is 0 Å². The van der Waals surface area contributed by atoms with Crippen LogP contribution in [0.4, 0.5) is 0 Å². The first-order valence-electron chi connectivity index (χ1n) is 3.81. The molecule has 0 aliphatic heterocycles. The fourth-order valence-corrected chi connectivity index (χ4v) is 1.56. The molecule has 0 unspecified atom stereocenters. The van der Waals surface area contributed by atoms with Crippen molar-refractivity contribution in [2.45, 2.75) is 25.6 Å². The fraction of sp³-hybridized carbons (Fsp3) is 1.00. The van der Waals surface area contributed by atoms with Crippen LogP contribution in [-0.4, -0.2) is 32.5 Å². The molecule has 0 heterocycles. The Morgan fingerprint density at radius 2 is 2.00 bits per heavy atom. The molecule has 0 aliphatic carbocycles. The van der Waals surface area contributed by atoms with Crippen LogP contribution in [-0.2, 0) is 8.85 Å². The summed E-state index contributed by atoms with van der Waals surface area (Å²) in [5, 5.41) is 0. The minimum atomic E-state index is -1.70. The Morgan fingerprint density at radius 1 is 1.40 bits per heavy atom. The molecular formula is C6H18O2Si2. The zero-order chi connectivity index (χ0) is 8.04. The van der Waals surface area contributed by atoms with Crippen molar-refractivity contribution in [2.24, 2.45) is 0 Å². The molecular weight excluding hydrogens is 160 g/mol. The maximum Gasteiger partial charge on any atom is 0.331 e. The predicted molar refractivity (Wildman–Crippen MR) is 49.8 cm³/mol. The molecule has 0 aromatic rings. The Balaban J connectivity index is 3.28. The zero-order valence-corrected chi connectivity index (χ0v) is 10.4. The lowest BCUT2D eigenvalue weighted by Crippen LogP contribution is -2.33. The molecule has 0 aromatic carbocycles. The summed E-state index contributed by atoms with van der Waals surface area (Å²) in [5.74, 6) is 0. The highest BCUT2D eigenvalue weighted by molar-refractivity contribution is 6.64. The van der Waals surface area contributed by atoms with Gasteiger partial charge in [-0.3, -0.25) is 0 Å². The fourth-order valence-electron chi connectivity index (χ4n) is 0.521. The average Bonchev–Trinajstić information content (AvgIpc) is 1.89. The number of hydrogen-bond donors (Lipinski definition) is 0. The molecule has 0 spiro atoms. The van der Waals surface area contributed by atoms with Crippen molar-refractivity contribution in [3.63, 3.8) is 0 Å². The normalized spacial score (nSPS) is 12.3. The molecule has 0 amide bonds. The largest absolute Gasteiger partial charge is 0.398 e. The minimum absolute atomic E-state index is 0.885. The van der Waals surface area contributed by atoms with Gasteiger partial charge in [0.2, 0.25) is 0 Å². The van der Waals surface area contributed by atoms with Crippen LogP contribution in [0.2, 0.25) is 19.1 Å². The summed E-state index contributed by atoms with van der Waals surface area (Å²) in [6.45, 7) is 5.02. The maximum absolute atomic E-state index is 5.56. The van der Waals surface area contributed by atoms with Gasteiger partial charge in [0.05, 0.1) is 0 Å². The van der Waals surface area contributed by atoms with Gasteiger partial charge in [-0.25, -0.2) is 0 Å². The van der Waals surface area contributed by atoms with Gasteiger partial charge in [0.25, 0.3) is 0 Å². The zero-order valence-electron chi connectivity index (χ0n) is 7.44. The molecule has 0 saturated heterocycles.